The van der Waals surface area contributed by atoms with Gasteiger partial charge in [0.1, 0.15) is 11.5 Å². The van der Waals surface area contributed by atoms with Crippen molar-refractivity contribution in [2.24, 2.45) is 12.8 Å². The molecular formula is C9H13N3O. The number of imidazole rings is 1. The summed E-state index contributed by atoms with van der Waals surface area (Å²) in [6.45, 7) is 1.90. The summed E-state index contributed by atoms with van der Waals surface area (Å²) < 4.78 is 1.95. The molecule has 1 atom stereocenters. The second-order valence-corrected chi connectivity index (χ2v) is 3.60. The van der Waals surface area contributed by atoms with Crippen LogP contribution in [0.3, 0.4) is 0 Å². The van der Waals surface area contributed by atoms with Gasteiger partial charge in [-0.15, -0.1) is 0 Å². The first-order valence-corrected chi connectivity index (χ1v) is 4.40. The number of aryl methyl sites for hydroxylation is 1. The molecule has 4 nitrogen and oxygen atoms in total. The van der Waals surface area contributed by atoms with E-state index in [9.17, 15) is 4.79 Å². The Kier molecular flexibility index (Phi) is 1.73. The van der Waals surface area contributed by atoms with Crippen LogP contribution in [-0.4, -0.2) is 21.4 Å². The maximum Gasteiger partial charge on any atom is 0.184 e. The predicted molar refractivity (Wildman–Crippen MR) is 48.6 cm³/mol. The topological polar surface area (TPSA) is 60.9 Å². The molecule has 2 rings (SSSR count). The second kappa shape index (κ2) is 2.67. The Morgan fingerprint density at radius 1 is 1.54 bits per heavy atom. The number of nitrogens with two attached hydrogens (primary N) is 1. The summed E-state index contributed by atoms with van der Waals surface area (Å²) in [4.78, 5) is 15.7. The van der Waals surface area contributed by atoms with Gasteiger partial charge in [-0.3, -0.25) is 4.79 Å². The Balaban J connectivity index is 2.55. The minimum Gasteiger partial charge on any atom is -0.335 e. The maximum absolute atomic E-state index is 11.5. The van der Waals surface area contributed by atoms with Crippen LogP contribution in [0.2, 0.25) is 0 Å². The molecule has 0 saturated carbocycles. The molecule has 0 bridgehead atoms. The largest absolute Gasteiger partial charge is 0.335 e. The molecule has 2 N–H and O–H groups in total. The molecule has 1 aromatic rings. The van der Waals surface area contributed by atoms with Crippen LogP contribution in [0.1, 0.15) is 28.4 Å². The maximum atomic E-state index is 11.5. The van der Waals surface area contributed by atoms with Crippen molar-refractivity contribution in [2.45, 2.75) is 25.8 Å². The Hall–Kier alpha value is -1.16. The summed E-state index contributed by atoms with van der Waals surface area (Å²) in [5, 5.41) is 0. The number of carbonyl (C=O) groups excluding carboxylic acids is 1. The highest BCUT2D eigenvalue weighted by atomic mass is 16.1. The van der Waals surface area contributed by atoms with Crippen molar-refractivity contribution in [2.75, 3.05) is 0 Å². The van der Waals surface area contributed by atoms with Crippen LogP contribution < -0.4 is 5.73 Å². The minimum absolute atomic E-state index is 0.0326. The molecule has 70 valence electrons. The smallest absolute Gasteiger partial charge is 0.184 e. The fraction of sp³-hybridized carbons (Fsp3) is 0.556. The van der Waals surface area contributed by atoms with Crippen LogP contribution in [0.5, 0.6) is 0 Å². The summed E-state index contributed by atoms with van der Waals surface area (Å²) in [6, 6.07) is -0.0326. The molecule has 4 heteroatoms. The van der Waals surface area contributed by atoms with Crippen molar-refractivity contribution in [1.29, 1.82) is 0 Å². The fourth-order valence-corrected chi connectivity index (χ4v) is 1.77. The van der Waals surface area contributed by atoms with Crippen LogP contribution in [0.4, 0.5) is 0 Å². The van der Waals surface area contributed by atoms with E-state index in [2.05, 4.69) is 4.98 Å². The summed E-state index contributed by atoms with van der Waals surface area (Å²) in [6.07, 6.45) is 1.20. The quantitative estimate of drug-likeness (QED) is 0.618. The Morgan fingerprint density at radius 3 is 2.92 bits per heavy atom. The van der Waals surface area contributed by atoms with Gasteiger partial charge in [-0.1, -0.05) is 0 Å². The highest BCUT2D eigenvalue weighted by Gasteiger charge is 2.27. The molecule has 0 saturated heterocycles. The number of rotatable bonds is 0. The van der Waals surface area contributed by atoms with Gasteiger partial charge in [0.15, 0.2) is 5.78 Å². The van der Waals surface area contributed by atoms with E-state index < -0.39 is 0 Å². The van der Waals surface area contributed by atoms with E-state index in [1.54, 1.807) is 0 Å². The zero-order valence-corrected chi connectivity index (χ0v) is 7.87. The summed E-state index contributed by atoms with van der Waals surface area (Å²) in [5.74, 6) is 0.963. The van der Waals surface area contributed by atoms with E-state index in [0.717, 1.165) is 17.9 Å². The molecule has 0 radical (unpaired) electrons. The number of ketones is 1. The SMILES string of the molecule is Cc1nc2c(n1C)CC(N)CC2=O. The summed E-state index contributed by atoms with van der Waals surface area (Å²) in [5.41, 5.74) is 7.37. The van der Waals surface area contributed by atoms with Crippen molar-refractivity contribution in [3.05, 3.63) is 17.2 Å². The first-order chi connectivity index (χ1) is 6.09. The average Bonchev–Trinajstić information content (AvgIpc) is 2.32. The standard InChI is InChI=1S/C9H13N3O/c1-5-11-9-7(12(5)2)3-6(10)4-8(9)13/h6H,3-4,10H2,1-2H3. The lowest BCUT2D eigenvalue weighted by atomic mass is 9.95. The number of nitrogens with zero attached hydrogens (tertiary/aromatic N) is 2. The van der Waals surface area contributed by atoms with Crippen LogP contribution >= 0.6 is 0 Å². The third-order valence-corrected chi connectivity index (χ3v) is 2.60. The Morgan fingerprint density at radius 2 is 2.23 bits per heavy atom. The van der Waals surface area contributed by atoms with Crippen molar-refractivity contribution < 1.29 is 4.79 Å². The van der Waals surface area contributed by atoms with E-state index in [4.69, 9.17) is 5.73 Å². The first-order valence-electron chi connectivity index (χ1n) is 4.40. The first kappa shape index (κ1) is 8.44. The van der Waals surface area contributed by atoms with Gasteiger partial charge in [0.2, 0.25) is 0 Å². The normalized spacial score (nSPS) is 21.8. The number of carbonyl (C=O) groups is 1. The molecule has 13 heavy (non-hydrogen) atoms. The predicted octanol–water partition coefficient (Wildman–Crippen LogP) is 0.185. The highest BCUT2D eigenvalue weighted by Crippen LogP contribution is 2.20. The summed E-state index contributed by atoms with van der Waals surface area (Å²) >= 11 is 0. The average molecular weight is 179 g/mol. The van der Waals surface area contributed by atoms with Gasteiger partial charge in [-0.25, -0.2) is 4.98 Å². The molecule has 0 spiro atoms. The zero-order valence-electron chi connectivity index (χ0n) is 7.87. The van der Waals surface area contributed by atoms with E-state index in [1.807, 2.05) is 18.5 Å². The van der Waals surface area contributed by atoms with Crippen molar-refractivity contribution in [3.8, 4) is 0 Å². The number of hydrogen-bond acceptors (Lipinski definition) is 3. The van der Waals surface area contributed by atoms with Crippen LogP contribution in [0.25, 0.3) is 0 Å². The van der Waals surface area contributed by atoms with Crippen LogP contribution in [-0.2, 0) is 13.5 Å². The lowest BCUT2D eigenvalue weighted by Gasteiger charge is -2.17. The summed E-state index contributed by atoms with van der Waals surface area (Å²) in [7, 11) is 1.92. The molecule has 1 heterocycles. The zero-order chi connectivity index (χ0) is 9.59. The van der Waals surface area contributed by atoms with E-state index in [-0.39, 0.29) is 11.8 Å². The van der Waals surface area contributed by atoms with Gasteiger partial charge in [0, 0.05) is 31.6 Å². The molecule has 0 aromatic carbocycles. The van der Waals surface area contributed by atoms with Crippen molar-refractivity contribution in [1.82, 2.24) is 9.55 Å². The number of fused-ring (bicyclic) bond motifs is 1. The molecule has 1 aromatic heterocycles. The lowest BCUT2D eigenvalue weighted by molar-refractivity contribution is 0.0960. The highest BCUT2D eigenvalue weighted by molar-refractivity contribution is 5.97. The van der Waals surface area contributed by atoms with Gasteiger partial charge in [0.25, 0.3) is 0 Å². The Labute approximate surface area is 76.8 Å². The molecule has 1 aliphatic carbocycles. The number of hydrogen-bond donors (Lipinski definition) is 1. The monoisotopic (exact) mass is 179 g/mol. The van der Waals surface area contributed by atoms with Gasteiger partial charge in [0.05, 0.1) is 0 Å². The van der Waals surface area contributed by atoms with E-state index in [1.165, 1.54) is 0 Å². The number of Topliss-reactive ketones (excluding diaryl/α,β-unsaturated/α-hetero) is 1. The molecular weight excluding hydrogens is 166 g/mol. The van der Waals surface area contributed by atoms with Gasteiger partial charge in [-0.2, -0.15) is 0 Å². The van der Waals surface area contributed by atoms with Crippen LogP contribution in [0, 0.1) is 6.92 Å². The molecule has 1 unspecified atom stereocenters. The lowest BCUT2D eigenvalue weighted by Crippen LogP contribution is -2.32. The minimum atomic E-state index is -0.0326. The van der Waals surface area contributed by atoms with Crippen molar-refractivity contribution >= 4 is 5.78 Å². The van der Waals surface area contributed by atoms with E-state index >= 15 is 0 Å². The van der Waals surface area contributed by atoms with Gasteiger partial charge in [-0.05, 0) is 6.92 Å². The molecule has 0 amide bonds. The van der Waals surface area contributed by atoms with E-state index in [0.29, 0.717) is 12.1 Å². The molecule has 0 aliphatic heterocycles. The van der Waals surface area contributed by atoms with Crippen LogP contribution in [0.15, 0.2) is 0 Å². The Bertz CT molecular complexity index is 367. The fourth-order valence-electron chi connectivity index (χ4n) is 1.77. The molecule has 1 aliphatic rings. The second-order valence-electron chi connectivity index (χ2n) is 3.60. The third-order valence-electron chi connectivity index (χ3n) is 2.60. The van der Waals surface area contributed by atoms with Crippen molar-refractivity contribution in [3.63, 3.8) is 0 Å². The third kappa shape index (κ3) is 1.18. The molecule has 0 fully saturated rings. The van der Waals surface area contributed by atoms with Gasteiger partial charge >= 0.3 is 0 Å². The number of aromatic nitrogens is 2. The van der Waals surface area contributed by atoms with Gasteiger partial charge < -0.3 is 10.3 Å².